The van der Waals surface area contributed by atoms with Crippen LogP contribution in [0.1, 0.15) is 0 Å². The summed E-state index contributed by atoms with van der Waals surface area (Å²) in [5.41, 5.74) is 6.83. The topological polar surface area (TPSA) is 6.48 Å². The molecule has 0 N–H and O–H groups in total. The van der Waals surface area contributed by atoms with Crippen molar-refractivity contribution in [2.75, 3.05) is 9.80 Å². The van der Waals surface area contributed by atoms with E-state index in [2.05, 4.69) is 204 Å². The fourth-order valence-corrected chi connectivity index (χ4v) is 8.81. The lowest BCUT2D eigenvalue weighted by atomic mass is 9.94. The fraction of sp³-hybridized carbons (Fsp3) is 0. The van der Waals surface area contributed by atoms with E-state index in [1.807, 2.05) is 11.3 Å². The van der Waals surface area contributed by atoms with Gasteiger partial charge in [-0.3, -0.25) is 0 Å². The van der Waals surface area contributed by atoms with Crippen LogP contribution in [0.25, 0.3) is 52.5 Å². The molecule has 10 aromatic rings. The van der Waals surface area contributed by atoms with Crippen LogP contribution in [0.4, 0.5) is 34.1 Å². The molecule has 0 atom stereocenters. The van der Waals surface area contributed by atoms with Crippen molar-refractivity contribution in [3.8, 4) is 0 Å². The molecule has 0 bridgehead atoms. The molecule has 0 unspecified atom stereocenters. The van der Waals surface area contributed by atoms with Crippen LogP contribution in [-0.2, 0) is 0 Å². The van der Waals surface area contributed by atoms with Crippen molar-refractivity contribution in [3.63, 3.8) is 0 Å². The number of rotatable bonds is 6. The molecular formula is C48H32N2S. The molecule has 2 nitrogen and oxygen atoms in total. The molecule has 0 amide bonds. The van der Waals surface area contributed by atoms with E-state index in [9.17, 15) is 0 Å². The quantitative estimate of drug-likeness (QED) is 0.163. The molecule has 51 heavy (non-hydrogen) atoms. The van der Waals surface area contributed by atoms with Crippen molar-refractivity contribution in [1.82, 2.24) is 0 Å². The van der Waals surface area contributed by atoms with Crippen LogP contribution < -0.4 is 9.80 Å². The molecule has 3 heteroatoms. The highest BCUT2D eigenvalue weighted by Crippen LogP contribution is 2.45. The Labute approximate surface area is 300 Å². The summed E-state index contributed by atoms with van der Waals surface area (Å²) in [6.07, 6.45) is 0. The number of fused-ring (bicyclic) bond motifs is 9. The summed E-state index contributed by atoms with van der Waals surface area (Å²) < 4.78 is 2.55. The Morgan fingerprint density at radius 2 is 0.608 bits per heavy atom. The fourth-order valence-electron chi connectivity index (χ4n) is 7.69. The van der Waals surface area contributed by atoms with Gasteiger partial charge in [-0.2, -0.15) is 0 Å². The van der Waals surface area contributed by atoms with E-state index in [1.54, 1.807) is 0 Å². The van der Waals surface area contributed by atoms with E-state index < -0.39 is 0 Å². The first-order valence-electron chi connectivity index (χ1n) is 17.4. The number of para-hydroxylation sites is 3. The number of hydrogen-bond acceptors (Lipinski definition) is 3. The second kappa shape index (κ2) is 12.2. The standard InChI is InChI=1S/C48H32N2S/c1-4-14-33(15-5-1)49(34-16-6-2-7-17-34)37-26-29-47-46(31-37)44-28-25-38(32-48(44)51-47)50(35-18-8-3-9-19-35)36-24-27-43-41-22-11-10-20-39(41)40-21-12-13-23-42(40)45(43)30-36/h1-32H. The molecule has 1 aromatic heterocycles. The van der Waals surface area contributed by atoms with Crippen LogP contribution in [0.3, 0.4) is 0 Å². The average molecular weight is 669 g/mol. The SMILES string of the molecule is c1ccc(N(c2ccccc2)c2ccc3sc4cc(N(c5ccccc5)c5ccc6c7ccccc7c7ccccc7c6c5)ccc4c3c2)cc1. The highest BCUT2D eigenvalue weighted by atomic mass is 32.1. The Kier molecular flexibility index (Phi) is 7.04. The minimum Gasteiger partial charge on any atom is -0.310 e. The molecule has 10 rings (SSSR count). The third-order valence-corrected chi connectivity index (χ3v) is 11.1. The van der Waals surface area contributed by atoms with Gasteiger partial charge in [-0.05, 0) is 111 Å². The Hall–Kier alpha value is -6.42. The number of anilines is 6. The molecule has 0 aliphatic carbocycles. The molecule has 0 fully saturated rings. The third-order valence-electron chi connectivity index (χ3n) is 9.98. The van der Waals surface area contributed by atoms with E-state index in [1.165, 1.54) is 52.5 Å². The van der Waals surface area contributed by atoms with Gasteiger partial charge in [0.15, 0.2) is 0 Å². The summed E-state index contributed by atoms with van der Waals surface area (Å²) in [5, 5.41) is 10.2. The van der Waals surface area contributed by atoms with Gasteiger partial charge in [0.05, 0.1) is 0 Å². The molecule has 0 spiro atoms. The maximum Gasteiger partial charge on any atom is 0.0476 e. The van der Waals surface area contributed by atoms with Crippen molar-refractivity contribution in [1.29, 1.82) is 0 Å². The summed E-state index contributed by atoms with van der Waals surface area (Å²) in [5.74, 6) is 0. The molecule has 0 saturated heterocycles. The monoisotopic (exact) mass is 668 g/mol. The first-order valence-corrected chi connectivity index (χ1v) is 18.2. The van der Waals surface area contributed by atoms with Gasteiger partial charge in [-0.25, -0.2) is 0 Å². The lowest BCUT2D eigenvalue weighted by Gasteiger charge is -2.26. The zero-order chi connectivity index (χ0) is 33.7. The minimum absolute atomic E-state index is 1.13. The zero-order valence-electron chi connectivity index (χ0n) is 27.8. The zero-order valence-corrected chi connectivity index (χ0v) is 28.6. The second-order valence-electron chi connectivity index (χ2n) is 13.0. The normalized spacial score (nSPS) is 11.5. The predicted molar refractivity (Wildman–Crippen MR) is 221 cm³/mol. The summed E-state index contributed by atoms with van der Waals surface area (Å²) in [6.45, 7) is 0. The number of thiophene rings is 1. The molecule has 0 aliphatic rings. The molecule has 240 valence electrons. The van der Waals surface area contributed by atoms with E-state index in [0.717, 1.165) is 34.1 Å². The summed E-state index contributed by atoms with van der Waals surface area (Å²) in [6, 6.07) is 70.3. The van der Waals surface area contributed by atoms with Crippen LogP contribution in [0.2, 0.25) is 0 Å². The molecular weight excluding hydrogens is 637 g/mol. The van der Waals surface area contributed by atoms with Crippen molar-refractivity contribution in [2.45, 2.75) is 0 Å². The Morgan fingerprint density at radius 1 is 0.235 bits per heavy atom. The van der Waals surface area contributed by atoms with E-state index in [0.29, 0.717) is 0 Å². The Morgan fingerprint density at radius 3 is 1.14 bits per heavy atom. The second-order valence-corrected chi connectivity index (χ2v) is 14.0. The van der Waals surface area contributed by atoms with Crippen LogP contribution in [-0.4, -0.2) is 0 Å². The van der Waals surface area contributed by atoms with Gasteiger partial charge in [0.2, 0.25) is 0 Å². The first kappa shape index (κ1) is 29.5. The Balaban J connectivity index is 1.13. The van der Waals surface area contributed by atoms with Gasteiger partial charge < -0.3 is 9.80 Å². The largest absolute Gasteiger partial charge is 0.310 e. The van der Waals surface area contributed by atoms with Gasteiger partial charge in [0, 0.05) is 54.3 Å². The van der Waals surface area contributed by atoms with Crippen molar-refractivity contribution >= 4 is 98.0 Å². The van der Waals surface area contributed by atoms with E-state index >= 15 is 0 Å². The summed E-state index contributed by atoms with van der Waals surface area (Å²) >= 11 is 1.86. The highest BCUT2D eigenvalue weighted by molar-refractivity contribution is 7.25. The van der Waals surface area contributed by atoms with Crippen molar-refractivity contribution < 1.29 is 0 Å². The smallest absolute Gasteiger partial charge is 0.0476 e. The van der Waals surface area contributed by atoms with Gasteiger partial charge in [0.25, 0.3) is 0 Å². The molecule has 0 saturated carbocycles. The molecule has 1 heterocycles. The molecule has 0 radical (unpaired) electrons. The summed E-state index contributed by atoms with van der Waals surface area (Å²) in [4.78, 5) is 4.73. The van der Waals surface area contributed by atoms with Gasteiger partial charge in [-0.1, -0.05) is 115 Å². The Bertz CT molecular complexity index is 2790. The van der Waals surface area contributed by atoms with Crippen LogP contribution in [0.15, 0.2) is 194 Å². The highest BCUT2D eigenvalue weighted by Gasteiger charge is 2.18. The minimum atomic E-state index is 1.13. The van der Waals surface area contributed by atoms with Crippen LogP contribution in [0, 0.1) is 0 Å². The number of nitrogens with zero attached hydrogens (tertiary/aromatic N) is 2. The van der Waals surface area contributed by atoms with Gasteiger partial charge >= 0.3 is 0 Å². The van der Waals surface area contributed by atoms with Crippen LogP contribution in [0.5, 0.6) is 0 Å². The average Bonchev–Trinajstić information content (AvgIpc) is 3.57. The maximum atomic E-state index is 2.39. The molecule has 0 aliphatic heterocycles. The lowest BCUT2D eigenvalue weighted by Crippen LogP contribution is -2.09. The maximum absolute atomic E-state index is 2.39. The van der Waals surface area contributed by atoms with Crippen molar-refractivity contribution in [3.05, 3.63) is 194 Å². The molecule has 9 aromatic carbocycles. The lowest BCUT2D eigenvalue weighted by molar-refractivity contribution is 1.29. The predicted octanol–water partition coefficient (Wildman–Crippen LogP) is 14.5. The first-order chi connectivity index (χ1) is 25.3. The van der Waals surface area contributed by atoms with Gasteiger partial charge in [0.1, 0.15) is 0 Å². The van der Waals surface area contributed by atoms with Crippen LogP contribution >= 0.6 is 11.3 Å². The number of hydrogen-bond donors (Lipinski definition) is 0. The van der Waals surface area contributed by atoms with E-state index in [4.69, 9.17) is 0 Å². The summed E-state index contributed by atoms with van der Waals surface area (Å²) in [7, 11) is 0. The third kappa shape index (κ3) is 5.01. The number of benzene rings is 9. The van der Waals surface area contributed by atoms with E-state index in [-0.39, 0.29) is 0 Å². The van der Waals surface area contributed by atoms with Gasteiger partial charge in [-0.15, -0.1) is 11.3 Å². The van der Waals surface area contributed by atoms with Crippen molar-refractivity contribution in [2.24, 2.45) is 0 Å².